The van der Waals surface area contributed by atoms with Gasteiger partial charge in [0.25, 0.3) is 0 Å². The average Bonchev–Trinajstić information content (AvgIpc) is 3.77. The molecule has 0 radical (unpaired) electrons. The molecule has 59 heavy (non-hydrogen) atoms. The lowest BCUT2D eigenvalue weighted by Crippen LogP contribution is -2.74. The zero-order valence-electron chi connectivity index (χ0n) is 34.6. The molecule has 0 saturated heterocycles. The van der Waals surface area contributed by atoms with Crippen LogP contribution in [0.3, 0.4) is 0 Å². The molecule has 0 fully saturated rings. The van der Waals surface area contributed by atoms with Crippen molar-refractivity contribution in [3.05, 3.63) is 193 Å². The van der Waals surface area contributed by atoms with Gasteiger partial charge in [0.15, 0.2) is 8.07 Å². The minimum Gasteiger partial charge on any atom is -0.294 e. The zero-order valence-corrected chi connectivity index (χ0v) is 35.6. The second-order valence-electron chi connectivity index (χ2n) is 17.9. The van der Waals surface area contributed by atoms with Crippen molar-refractivity contribution < 1.29 is 0 Å². The van der Waals surface area contributed by atoms with E-state index in [2.05, 4.69) is 208 Å². The summed E-state index contributed by atoms with van der Waals surface area (Å²) in [7, 11) is -3.11. The zero-order chi connectivity index (χ0) is 40.5. The van der Waals surface area contributed by atoms with Crippen LogP contribution >= 0.6 is 0 Å². The van der Waals surface area contributed by atoms with Gasteiger partial charge in [-0.15, -0.1) is 0 Å². The van der Waals surface area contributed by atoms with Gasteiger partial charge in [0.1, 0.15) is 11.6 Å². The molecule has 0 atom stereocenters. The number of hydrogen-bond donors (Lipinski definition) is 0. The van der Waals surface area contributed by atoms with Crippen LogP contribution in [0.4, 0.5) is 0 Å². The highest BCUT2D eigenvalue weighted by Crippen LogP contribution is 2.34. The van der Waals surface area contributed by atoms with Crippen LogP contribution in [0.25, 0.3) is 55.2 Å². The van der Waals surface area contributed by atoms with Crippen molar-refractivity contribution >= 4 is 72.4 Å². The molecule has 5 heteroatoms. The van der Waals surface area contributed by atoms with Gasteiger partial charge in [0.05, 0.1) is 22.1 Å². The van der Waals surface area contributed by atoms with Crippen molar-refractivity contribution in [2.45, 2.75) is 52.4 Å². The maximum atomic E-state index is 4.91. The summed E-state index contributed by atoms with van der Waals surface area (Å²) in [4.78, 5) is 9.82. The first-order valence-corrected chi connectivity index (χ1v) is 22.7. The number of rotatable bonds is 6. The van der Waals surface area contributed by atoms with Crippen molar-refractivity contribution in [1.29, 1.82) is 0 Å². The quantitative estimate of drug-likeness (QED) is 0.124. The van der Waals surface area contributed by atoms with Gasteiger partial charge in [-0.25, -0.2) is 9.97 Å². The molecule has 0 saturated carbocycles. The Kier molecular flexibility index (Phi) is 8.59. The van der Waals surface area contributed by atoms with Crippen molar-refractivity contribution in [2.75, 3.05) is 0 Å². The Labute approximate surface area is 347 Å². The first-order chi connectivity index (χ1) is 28.5. The topological polar surface area (TPSA) is 35.6 Å². The summed E-state index contributed by atoms with van der Waals surface area (Å²) in [5, 5.41) is 10.2. The lowest BCUT2D eigenvalue weighted by atomic mass is 9.87. The summed E-state index contributed by atoms with van der Waals surface area (Å²) in [6.07, 6.45) is 3.78. The van der Waals surface area contributed by atoms with E-state index < -0.39 is 8.07 Å². The number of aromatic nitrogens is 4. The van der Waals surface area contributed by atoms with E-state index >= 15 is 0 Å². The highest BCUT2D eigenvalue weighted by atomic mass is 28.3. The highest BCUT2D eigenvalue weighted by Gasteiger charge is 2.43. The third kappa shape index (κ3) is 5.94. The molecular formula is C54H48N4Si. The normalized spacial score (nSPS) is 12.6. The highest BCUT2D eigenvalue weighted by molar-refractivity contribution is 7.20. The lowest BCUT2D eigenvalue weighted by Gasteiger charge is -2.35. The fraction of sp³-hybridized carbons (Fsp3) is 0.148. The molecule has 0 aliphatic heterocycles. The fourth-order valence-corrected chi connectivity index (χ4v) is 14.0. The van der Waals surface area contributed by atoms with E-state index in [1.54, 1.807) is 0 Å². The Morgan fingerprint density at radius 2 is 0.712 bits per heavy atom. The van der Waals surface area contributed by atoms with Crippen LogP contribution in [0.2, 0.25) is 0 Å². The summed E-state index contributed by atoms with van der Waals surface area (Å²) in [5.74, 6) is 1.82. The van der Waals surface area contributed by atoms with Crippen LogP contribution in [0, 0.1) is 0 Å². The van der Waals surface area contributed by atoms with Crippen LogP contribution in [0.1, 0.15) is 52.7 Å². The number of fused-ring (bicyclic) bond motifs is 6. The van der Waals surface area contributed by atoms with Gasteiger partial charge < -0.3 is 0 Å². The van der Waals surface area contributed by atoms with E-state index in [0.717, 1.165) is 33.7 Å². The molecule has 0 unspecified atom stereocenters. The number of benzene rings is 6. The van der Waals surface area contributed by atoms with Crippen LogP contribution in [-0.4, -0.2) is 27.2 Å². The van der Waals surface area contributed by atoms with Gasteiger partial charge in [-0.1, -0.05) is 163 Å². The minimum atomic E-state index is -3.11. The van der Waals surface area contributed by atoms with E-state index in [9.17, 15) is 0 Å². The van der Waals surface area contributed by atoms with Crippen molar-refractivity contribution in [3.8, 4) is 11.6 Å². The molecule has 0 N–H and O–H groups in total. The molecule has 10 aromatic rings. The van der Waals surface area contributed by atoms with E-state index in [4.69, 9.17) is 9.97 Å². The van der Waals surface area contributed by atoms with Gasteiger partial charge in [-0.05, 0) is 91.2 Å². The predicted octanol–water partition coefficient (Wildman–Crippen LogP) is 10.6. The molecule has 4 aromatic heterocycles. The molecule has 4 heterocycles. The average molecular weight is 781 g/mol. The number of hydrogen-bond acceptors (Lipinski definition) is 2. The molecule has 0 amide bonds. The van der Waals surface area contributed by atoms with E-state index in [0.29, 0.717) is 0 Å². The van der Waals surface area contributed by atoms with E-state index in [1.165, 1.54) is 53.4 Å². The minimum absolute atomic E-state index is 0.0160. The van der Waals surface area contributed by atoms with Crippen LogP contribution < -0.4 is 20.7 Å². The molecule has 0 aliphatic rings. The second kappa shape index (κ2) is 13.8. The summed E-state index contributed by atoms with van der Waals surface area (Å²) < 4.78 is 4.70. The standard InChI is InChI=1S/C54H48N4Si/c1-53(2,3)37-21-25-39(26-22-37)59(40-27-23-38(24-28-40)54(4,5)6,41-29-31-45-43-15-7-9-17-47(43)57(49(45)35-41)51-19-11-13-33-55-51)42-30-32-46-44-16-8-10-18-48(44)58(50(46)36-42)52-20-12-14-34-56-52/h7-36H,1-6H3. The number of pyridine rings is 2. The Balaban J connectivity index is 1.36. The molecule has 0 bridgehead atoms. The predicted molar refractivity (Wildman–Crippen MR) is 252 cm³/mol. The van der Waals surface area contributed by atoms with Crippen molar-refractivity contribution in [1.82, 2.24) is 19.1 Å². The monoisotopic (exact) mass is 780 g/mol. The maximum absolute atomic E-state index is 4.91. The summed E-state index contributed by atoms with van der Waals surface area (Å²) in [6.45, 7) is 13.8. The second-order valence-corrected chi connectivity index (χ2v) is 21.8. The Morgan fingerprint density at radius 3 is 1.08 bits per heavy atom. The van der Waals surface area contributed by atoms with Gasteiger partial charge in [0.2, 0.25) is 0 Å². The van der Waals surface area contributed by atoms with Gasteiger partial charge >= 0.3 is 0 Å². The Hall–Kier alpha value is -6.56. The van der Waals surface area contributed by atoms with Crippen LogP contribution in [0.5, 0.6) is 0 Å². The summed E-state index contributed by atoms with van der Waals surface area (Å²) >= 11 is 0. The maximum Gasteiger partial charge on any atom is 0.179 e. The number of nitrogens with zero attached hydrogens (tertiary/aromatic N) is 4. The molecule has 288 valence electrons. The Bertz CT molecular complexity index is 2930. The fourth-order valence-electron chi connectivity index (χ4n) is 9.31. The van der Waals surface area contributed by atoms with Crippen molar-refractivity contribution in [3.63, 3.8) is 0 Å². The summed E-state index contributed by atoms with van der Waals surface area (Å²) in [5.41, 5.74) is 7.28. The van der Waals surface area contributed by atoms with Crippen LogP contribution in [-0.2, 0) is 10.8 Å². The molecule has 10 rings (SSSR count). The summed E-state index contributed by atoms with van der Waals surface area (Å²) in [6, 6.07) is 63.6. The molecule has 4 nitrogen and oxygen atoms in total. The van der Waals surface area contributed by atoms with E-state index in [-0.39, 0.29) is 10.8 Å². The van der Waals surface area contributed by atoms with Crippen molar-refractivity contribution in [2.24, 2.45) is 0 Å². The third-order valence-electron chi connectivity index (χ3n) is 12.3. The largest absolute Gasteiger partial charge is 0.294 e. The Morgan fingerprint density at radius 1 is 0.356 bits per heavy atom. The first-order valence-electron chi connectivity index (χ1n) is 20.7. The SMILES string of the molecule is CC(C)(C)c1ccc([Si](c2ccc(C(C)(C)C)cc2)(c2ccc3c4ccccc4n(-c4ccccn4)c3c2)c2ccc3c4ccccc4n(-c4ccccn4)c3c2)cc1. The third-order valence-corrected chi connectivity index (χ3v) is 17.1. The van der Waals surface area contributed by atoms with E-state index in [1.807, 2.05) is 24.5 Å². The van der Waals surface area contributed by atoms with Crippen LogP contribution in [0.15, 0.2) is 182 Å². The van der Waals surface area contributed by atoms with Gasteiger partial charge in [-0.2, -0.15) is 0 Å². The van der Waals surface area contributed by atoms with Gasteiger partial charge in [0, 0.05) is 33.9 Å². The first kappa shape index (κ1) is 36.8. The number of para-hydroxylation sites is 2. The molecule has 6 aromatic carbocycles. The molecular weight excluding hydrogens is 733 g/mol. The molecule has 0 spiro atoms. The lowest BCUT2D eigenvalue weighted by molar-refractivity contribution is 0.590. The molecule has 0 aliphatic carbocycles. The van der Waals surface area contributed by atoms with Gasteiger partial charge in [-0.3, -0.25) is 9.13 Å². The smallest absolute Gasteiger partial charge is 0.179 e.